The van der Waals surface area contributed by atoms with Crippen molar-refractivity contribution in [3.05, 3.63) is 29.3 Å². The number of benzene rings is 1. The lowest BCUT2D eigenvalue weighted by Gasteiger charge is -2.24. The number of aliphatic carboxylic acids is 1. The molecular formula is C22H32F2N2O6. The van der Waals surface area contributed by atoms with Crippen molar-refractivity contribution in [3.63, 3.8) is 0 Å². The SMILES string of the molecule is CC(C)(C)OC(=O)N[C@@H](CCC(N)=O)COc1cc(F)cc(CCCCCC(=O)O)c1F. The molecule has 1 aromatic rings. The van der Waals surface area contributed by atoms with Crippen LogP contribution in [0.2, 0.25) is 0 Å². The van der Waals surface area contributed by atoms with Crippen LogP contribution in [0.25, 0.3) is 0 Å². The predicted molar refractivity (Wildman–Crippen MR) is 113 cm³/mol. The van der Waals surface area contributed by atoms with Gasteiger partial charge in [-0.1, -0.05) is 6.42 Å². The molecular weight excluding hydrogens is 426 g/mol. The van der Waals surface area contributed by atoms with E-state index in [2.05, 4.69) is 5.32 Å². The summed E-state index contributed by atoms with van der Waals surface area (Å²) in [6.07, 6.45) is 1.10. The smallest absolute Gasteiger partial charge is 0.407 e. The van der Waals surface area contributed by atoms with Gasteiger partial charge in [0.25, 0.3) is 0 Å². The molecule has 0 saturated carbocycles. The van der Waals surface area contributed by atoms with Crippen LogP contribution in [0.15, 0.2) is 12.1 Å². The van der Waals surface area contributed by atoms with Crippen LogP contribution in [0, 0.1) is 11.6 Å². The molecule has 0 fully saturated rings. The molecule has 8 nitrogen and oxygen atoms in total. The maximum absolute atomic E-state index is 14.8. The van der Waals surface area contributed by atoms with Gasteiger partial charge < -0.3 is 25.6 Å². The highest BCUT2D eigenvalue weighted by molar-refractivity contribution is 5.74. The molecule has 0 radical (unpaired) electrons. The third-order valence-corrected chi connectivity index (χ3v) is 4.32. The average molecular weight is 459 g/mol. The number of aryl methyl sites for hydroxylation is 1. The highest BCUT2D eigenvalue weighted by Gasteiger charge is 2.21. The number of unbranched alkanes of at least 4 members (excludes halogenated alkanes) is 2. The highest BCUT2D eigenvalue weighted by atomic mass is 19.1. The number of alkyl carbamates (subject to hydrolysis) is 1. The lowest BCUT2D eigenvalue weighted by molar-refractivity contribution is -0.137. The number of amides is 2. The van der Waals surface area contributed by atoms with E-state index in [1.54, 1.807) is 20.8 Å². The number of halogens is 2. The Hall–Kier alpha value is -2.91. The molecule has 32 heavy (non-hydrogen) atoms. The van der Waals surface area contributed by atoms with Gasteiger partial charge in [-0.05, 0) is 58.1 Å². The van der Waals surface area contributed by atoms with Gasteiger partial charge in [-0.15, -0.1) is 0 Å². The molecule has 0 unspecified atom stereocenters. The molecule has 0 aliphatic rings. The molecule has 0 aliphatic carbocycles. The summed E-state index contributed by atoms with van der Waals surface area (Å²) >= 11 is 0. The number of rotatable bonds is 13. The van der Waals surface area contributed by atoms with E-state index in [-0.39, 0.29) is 43.6 Å². The number of carboxylic acids is 1. The summed E-state index contributed by atoms with van der Waals surface area (Å²) in [7, 11) is 0. The quantitative estimate of drug-likeness (QED) is 0.387. The largest absolute Gasteiger partial charge is 0.488 e. The van der Waals surface area contributed by atoms with Gasteiger partial charge in [0.2, 0.25) is 5.91 Å². The maximum Gasteiger partial charge on any atom is 0.407 e. The molecule has 0 spiro atoms. The van der Waals surface area contributed by atoms with E-state index in [1.807, 2.05) is 0 Å². The number of carbonyl (C=O) groups excluding carboxylic acids is 2. The van der Waals surface area contributed by atoms with Crippen molar-refractivity contribution >= 4 is 18.0 Å². The summed E-state index contributed by atoms with van der Waals surface area (Å²) in [5, 5.41) is 11.2. The molecule has 1 atom stereocenters. The maximum atomic E-state index is 14.8. The monoisotopic (exact) mass is 458 g/mol. The van der Waals surface area contributed by atoms with Crippen LogP contribution in [0.5, 0.6) is 5.75 Å². The summed E-state index contributed by atoms with van der Waals surface area (Å²) in [4.78, 5) is 33.7. The van der Waals surface area contributed by atoms with Gasteiger partial charge in [-0.3, -0.25) is 9.59 Å². The first-order valence-electron chi connectivity index (χ1n) is 10.5. The molecule has 1 aromatic carbocycles. The van der Waals surface area contributed by atoms with Crippen molar-refractivity contribution < 1.29 is 37.7 Å². The number of hydrogen-bond donors (Lipinski definition) is 3. The minimum atomic E-state index is -0.900. The molecule has 2 amide bonds. The van der Waals surface area contributed by atoms with Crippen LogP contribution in [0.4, 0.5) is 13.6 Å². The Bertz CT molecular complexity index is 795. The normalized spacial score (nSPS) is 12.2. The first-order chi connectivity index (χ1) is 14.9. The van der Waals surface area contributed by atoms with Gasteiger partial charge in [-0.25, -0.2) is 13.6 Å². The van der Waals surface area contributed by atoms with Crippen molar-refractivity contribution in [1.29, 1.82) is 0 Å². The number of primary amides is 1. The van der Waals surface area contributed by atoms with Crippen molar-refractivity contribution in [3.8, 4) is 5.75 Å². The van der Waals surface area contributed by atoms with Gasteiger partial charge in [0.1, 0.15) is 18.0 Å². The zero-order valence-electron chi connectivity index (χ0n) is 18.7. The number of carboxylic acid groups (broad SMARTS) is 1. The van der Waals surface area contributed by atoms with E-state index in [0.717, 1.165) is 12.1 Å². The van der Waals surface area contributed by atoms with Crippen LogP contribution in [-0.4, -0.2) is 41.3 Å². The number of nitrogens with one attached hydrogen (secondary N) is 1. The molecule has 0 saturated heterocycles. The lowest BCUT2D eigenvalue weighted by atomic mass is 10.0. The Balaban J connectivity index is 2.78. The molecule has 1 rings (SSSR count). The van der Waals surface area contributed by atoms with Gasteiger partial charge in [-0.2, -0.15) is 0 Å². The van der Waals surface area contributed by atoms with E-state index >= 15 is 0 Å². The van der Waals surface area contributed by atoms with Crippen molar-refractivity contribution in [1.82, 2.24) is 5.32 Å². The zero-order valence-corrected chi connectivity index (χ0v) is 18.7. The van der Waals surface area contributed by atoms with E-state index in [1.165, 1.54) is 0 Å². The number of ether oxygens (including phenoxy) is 2. The van der Waals surface area contributed by atoms with Crippen LogP contribution >= 0.6 is 0 Å². The van der Waals surface area contributed by atoms with Crippen molar-refractivity contribution in [2.45, 2.75) is 77.4 Å². The second-order valence-electron chi connectivity index (χ2n) is 8.49. The summed E-state index contributed by atoms with van der Waals surface area (Å²) < 4.78 is 39.4. The Labute approximate surface area is 186 Å². The molecule has 10 heteroatoms. The third-order valence-electron chi connectivity index (χ3n) is 4.32. The summed E-state index contributed by atoms with van der Waals surface area (Å²) in [5.41, 5.74) is 4.54. The standard InChI is InChI=1S/C22H32F2N2O6/c1-22(2,3)32-21(30)26-16(9-10-18(25)27)13-31-17-12-15(23)11-14(20(17)24)7-5-4-6-8-19(28)29/h11-12,16H,4-10,13H2,1-3H3,(H2,25,27)(H,26,30)(H,28,29)/t16-/m0/s1. The average Bonchev–Trinajstić information content (AvgIpc) is 2.64. The van der Waals surface area contributed by atoms with E-state index < -0.39 is 41.2 Å². The fraction of sp³-hybridized carbons (Fsp3) is 0.591. The molecule has 0 aliphatic heterocycles. The number of nitrogens with two attached hydrogens (primary N) is 1. The lowest BCUT2D eigenvalue weighted by Crippen LogP contribution is -2.42. The van der Waals surface area contributed by atoms with Crippen LogP contribution in [-0.2, 0) is 20.7 Å². The topological polar surface area (TPSA) is 128 Å². The zero-order chi connectivity index (χ0) is 24.3. The molecule has 4 N–H and O–H groups in total. The summed E-state index contributed by atoms with van der Waals surface area (Å²) in [6, 6.07) is 1.25. The minimum Gasteiger partial charge on any atom is -0.488 e. The first kappa shape index (κ1) is 27.1. The second kappa shape index (κ2) is 12.8. The second-order valence-corrected chi connectivity index (χ2v) is 8.49. The predicted octanol–water partition coefficient (Wildman–Crippen LogP) is 3.69. The molecule has 180 valence electrons. The van der Waals surface area contributed by atoms with Gasteiger partial charge in [0.05, 0.1) is 6.04 Å². The molecule has 0 bridgehead atoms. The van der Waals surface area contributed by atoms with Crippen LogP contribution in [0.3, 0.4) is 0 Å². The van der Waals surface area contributed by atoms with Crippen LogP contribution in [0.1, 0.15) is 64.9 Å². The molecule has 0 heterocycles. The molecule has 0 aromatic heterocycles. The third kappa shape index (κ3) is 11.5. The van der Waals surface area contributed by atoms with Gasteiger partial charge >= 0.3 is 12.1 Å². The highest BCUT2D eigenvalue weighted by Crippen LogP contribution is 2.25. The summed E-state index contributed by atoms with van der Waals surface area (Å²) in [5.74, 6) is -3.21. The Morgan fingerprint density at radius 1 is 1.12 bits per heavy atom. The van der Waals surface area contributed by atoms with Crippen molar-refractivity contribution in [2.24, 2.45) is 5.73 Å². The fourth-order valence-corrected chi connectivity index (χ4v) is 2.85. The Kier molecular flexibility index (Phi) is 10.9. The van der Waals surface area contributed by atoms with E-state index in [9.17, 15) is 23.2 Å². The fourth-order valence-electron chi connectivity index (χ4n) is 2.85. The van der Waals surface area contributed by atoms with Gasteiger partial charge in [0.15, 0.2) is 11.6 Å². The van der Waals surface area contributed by atoms with Crippen molar-refractivity contribution in [2.75, 3.05) is 6.61 Å². The Morgan fingerprint density at radius 2 is 1.81 bits per heavy atom. The van der Waals surface area contributed by atoms with E-state index in [4.69, 9.17) is 20.3 Å². The first-order valence-corrected chi connectivity index (χ1v) is 10.5. The number of hydrogen-bond acceptors (Lipinski definition) is 5. The summed E-state index contributed by atoms with van der Waals surface area (Å²) in [6.45, 7) is 4.83. The minimum absolute atomic E-state index is 0.0251. The number of carbonyl (C=O) groups is 3. The van der Waals surface area contributed by atoms with Gasteiger partial charge in [0, 0.05) is 18.9 Å². The Morgan fingerprint density at radius 3 is 2.41 bits per heavy atom. The van der Waals surface area contributed by atoms with E-state index in [0.29, 0.717) is 19.3 Å². The van der Waals surface area contributed by atoms with Crippen LogP contribution < -0.4 is 15.8 Å².